The molecule has 1 heterocycles. The van der Waals surface area contributed by atoms with E-state index in [-0.39, 0.29) is 6.03 Å². The zero-order valence-corrected chi connectivity index (χ0v) is 15.7. The Labute approximate surface area is 163 Å². The highest BCUT2D eigenvalue weighted by atomic mass is 79.9. The third-order valence-electron chi connectivity index (χ3n) is 4.15. The van der Waals surface area contributed by atoms with Crippen molar-refractivity contribution in [2.45, 2.75) is 0 Å². The number of halogens is 1. The monoisotopic (exact) mass is 421 g/mol. The number of hydrogen-bond acceptors (Lipinski definition) is 3. The van der Waals surface area contributed by atoms with E-state index in [1.165, 1.54) is 0 Å². The van der Waals surface area contributed by atoms with Crippen LogP contribution in [-0.2, 0) is 0 Å². The minimum absolute atomic E-state index is 0.304. The summed E-state index contributed by atoms with van der Waals surface area (Å²) in [5, 5.41) is 13.5. The molecule has 4 rings (SSSR count). The molecule has 27 heavy (non-hydrogen) atoms. The van der Waals surface area contributed by atoms with Gasteiger partial charge in [0.05, 0.1) is 10.9 Å². The quantitative estimate of drug-likeness (QED) is 0.365. The molecule has 4 aromatic rings. The molecule has 1 aromatic heterocycles. The zero-order valence-electron chi connectivity index (χ0n) is 14.2. The summed E-state index contributed by atoms with van der Waals surface area (Å²) in [7, 11) is 0. The third-order valence-corrected chi connectivity index (χ3v) is 4.65. The van der Waals surface area contributed by atoms with Crippen molar-refractivity contribution in [3.8, 4) is 11.1 Å². The van der Waals surface area contributed by atoms with Gasteiger partial charge in [-0.3, -0.25) is 5.10 Å². The number of urea groups is 1. The highest BCUT2D eigenvalue weighted by Gasteiger charge is 2.10. The molecule has 5 N–H and O–H groups in total. The summed E-state index contributed by atoms with van der Waals surface area (Å²) in [6.45, 7) is 0. The van der Waals surface area contributed by atoms with Gasteiger partial charge >= 0.3 is 6.03 Å². The third kappa shape index (κ3) is 3.63. The van der Waals surface area contributed by atoms with Gasteiger partial charge in [0.2, 0.25) is 0 Å². The first-order chi connectivity index (χ1) is 13.1. The van der Waals surface area contributed by atoms with Gasteiger partial charge in [-0.05, 0) is 47.5 Å². The number of aromatic amines is 1. The van der Waals surface area contributed by atoms with E-state index in [0.29, 0.717) is 17.2 Å². The first-order valence-electron chi connectivity index (χ1n) is 8.27. The van der Waals surface area contributed by atoms with Crippen molar-refractivity contribution in [1.82, 2.24) is 10.2 Å². The summed E-state index contributed by atoms with van der Waals surface area (Å²) in [6.07, 6.45) is 0. The molecule has 2 amide bonds. The molecule has 0 aliphatic rings. The summed E-state index contributed by atoms with van der Waals surface area (Å²) < 4.78 is 0.900. The molecule has 0 atom stereocenters. The Hall–Kier alpha value is -3.32. The van der Waals surface area contributed by atoms with Crippen molar-refractivity contribution >= 4 is 50.1 Å². The largest absolute Gasteiger partial charge is 0.382 e. The van der Waals surface area contributed by atoms with Gasteiger partial charge in [0.25, 0.3) is 0 Å². The second-order valence-corrected chi connectivity index (χ2v) is 6.92. The first-order valence-corrected chi connectivity index (χ1v) is 9.06. The Morgan fingerprint density at radius 2 is 1.70 bits per heavy atom. The number of anilines is 3. The van der Waals surface area contributed by atoms with Crippen LogP contribution in [0.4, 0.5) is 22.0 Å². The first kappa shape index (κ1) is 17.1. The Kier molecular flexibility index (Phi) is 4.52. The Bertz CT molecular complexity index is 1120. The average Bonchev–Trinajstić information content (AvgIpc) is 3.04. The maximum atomic E-state index is 12.2. The SMILES string of the molecule is Nc1n[nH]c2cccc(-c3ccc(NC(=O)Nc4cccc(Br)c4)cc3)c12. The molecule has 134 valence electrons. The van der Waals surface area contributed by atoms with Crippen molar-refractivity contribution in [3.63, 3.8) is 0 Å². The van der Waals surface area contributed by atoms with Crippen LogP contribution >= 0.6 is 15.9 Å². The molecule has 0 radical (unpaired) electrons. The van der Waals surface area contributed by atoms with Crippen LogP contribution in [0.5, 0.6) is 0 Å². The second-order valence-electron chi connectivity index (χ2n) is 6.00. The number of aromatic nitrogens is 2. The molecular weight excluding hydrogens is 406 g/mol. The van der Waals surface area contributed by atoms with Gasteiger partial charge in [-0.25, -0.2) is 4.79 Å². The van der Waals surface area contributed by atoms with Crippen LogP contribution in [0.2, 0.25) is 0 Å². The standard InChI is InChI=1S/C20H16BrN5O/c21-13-3-1-4-15(11-13)24-20(27)23-14-9-7-12(8-10-14)16-5-2-6-17-18(16)19(22)26-25-17/h1-11H,(H3,22,25,26)(H2,23,24,27). The van der Waals surface area contributed by atoms with Crippen LogP contribution in [0.1, 0.15) is 0 Å². The van der Waals surface area contributed by atoms with Crippen molar-refractivity contribution in [2.24, 2.45) is 0 Å². The molecule has 0 fully saturated rings. The lowest BCUT2D eigenvalue weighted by Gasteiger charge is -2.09. The fourth-order valence-electron chi connectivity index (χ4n) is 2.93. The summed E-state index contributed by atoms with van der Waals surface area (Å²) in [4.78, 5) is 12.2. The Morgan fingerprint density at radius 3 is 2.48 bits per heavy atom. The number of amides is 2. The van der Waals surface area contributed by atoms with E-state index in [4.69, 9.17) is 5.73 Å². The van der Waals surface area contributed by atoms with Crippen molar-refractivity contribution in [3.05, 3.63) is 71.2 Å². The smallest absolute Gasteiger partial charge is 0.323 e. The van der Waals surface area contributed by atoms with Gasteiger partial charge in [-0.2, -0.15) is 5.10 Å². The molecule has 0 saturated carbocycles. The van der Waals surface area contributed by atoms with Gasteiger partial charge in [-0.15, -0.1) is 0 Å². The number of carbonyl (C=O) groups excluding carboxylic acids is 1. The molecule has 3 aromatic carbocycles. The summed E-state index contributed by atoms with van der Waals surface area (Å²) in [5.74, 6) is 0.469. The molecule has 0 aliphatic carbocycles. The minimum atomic E-state index is -0.304. The number of nitrogens with zero attached hydrogens (tertiary/aromatic N) is 1. The lowest BCUT2D eigenvalue weighted by atomic mass is 10.0. The average molecular weight is 422 g/mol. The van der Waals surface area contributed by atoms with Gasteiger partial charge < -0.3 is 16.4 Å². The number of rotatable bonds is 3. The van der Waals surface area contributed by atoms with E-state index in [1.54, 1.807) is 0 Å². The summed E-state index contributed by atoms with van der Waals surface area (Å²) in [6, 6.07) is 20.6. The molecule has 0 bridgehead atoms. The van der Waals surface area contributed by atoms with Crippen LogP contribution in [0.3, 0.4) is 0 Å². The second kappa shape index (κ2) is 7.13. The number of H-pyrrole nitrogens is 1. The van der Waals surface area contributed by atoms with Gasteiger partial charge in [0.1, 0.15) is 0 Å². The number of hydrogen-bond donors (Lipinski definition) is 4. The van der Waals surface area contributed by atoms with Crippen molar-refractivity contribution in [1.29, 1.82) is 0 Å². The van der Waals surface area contributed by atoms with Gasteiger partial charge in [0.15, 0.2) is 5.82 Å². The van der Waals surface area contributed by atoms with Crippen LogP contribution in [-0.4, -0.2) is 16.2 Å². The number of benzene rings is 3. The predicted molar refractivity (Wildman–Crippen MR) is 113 cm³/mol. The number of nitrogens with two attached hydrogens (primary N) is 1. The summed E-state index contributed by atoms with van der Waals surface area (Å²) in [5.41, 5.74) is 10.3. The fraction of sp³-hybridized carbons (Fsp3) is 0. The molecule has 7 heteroatoms. The van der Waals surface area contributed by atoms with E-state index in [1.807, 2.05) is 66.7 Å². The van der Waals surface area contributed by atoms with E-state index >= 15 is 0 Å². The number of fused-ring (bicyclic) bond motifs is 1. The number of nitrogens with one attached hydrogen (secondary N) is 3. The highest BCUT2D eigenvalue weighted by molar-refractivity contribution is 9.10. The predicted octanol–water partition coefficient (Wildman–Crippen LogP) is 5.22. The normalized spacial score (nSPS) is 10.7. The fourth-order valence-corrected chi connectivity index (χ4v) is 3.33. The van der Waals surface area contributed by atoms with Crippen LogP contribution < -0.4 is 16.4 Å². The van der Waals surface area contributed by atoms with Crippen molar-refractivity contribution < 1.29 is 4.79 Å². The molecule has 6 nitrogen and oxygen atoms in total. The number of nitrogen functional groups attached to an aromatic ring is 1. The van der Waals surface area contributed by atoms with Gasteiger partial charge in [0, 0.05) is 15.8 Å². The maximum Gasteiger partial charge on any atom is 0.323 e. The summed E-state index contributed by atoms with van der Waals surface area (Å²) >= 11 is 3.38. The Balaban J connectivity index is 1.52. The highest BCUT2D eigenvalue weighted by Crippen LogP contribution is 2.31. The molecule has 0 spiro atoms. The minimum Gasteiger partial charge on any atom is -0.382 e. The molecular formula is C20H16BrN5O. The van der Waals surface area contributed by atoms with Gasteiger partial charge in [-0.1, -0.05) is 46.3 Å². The lowest BCUT2D eigenvalue weighted by molar-refractivity contribution is 0.262. The Morgan fingerprint density at radius 1 is 0.963 bits per heavy atom. The zero-order chi connectivity index (χ0) is 18.8. The van der Waals surface area contributed by atoms with E-state index in [2.05, 4.69) is 36.8 Å². The molecule has 0 unspecified atom stereocenters. The topological polar surface area (TPSA) is 95.8 Å². The van der Waals surface area contributed by atoms with E-state index < -0.39 is 0 Å². The van der Waals surface area contributed by atoms with Crippen LogP contribution in [0, 0.1) is 0 Å². The van der Waals surface area contributed by atoms with Crippen molar-refractivity contribution in [2.75, 3.05) is 16.4 Å². The number of carbonyl (C=O) groups is 1. The molecule has 0 saturated heterocycles. The van der Waals surface area contributed by atoms with E-state index in [9.17, 15) is 4.79 Å². The van der Waals surface area contributed by atoms with Crippen LogP contribution in [0.25, 0.3) is 22.0 Å². The maximum absolute atomic E-state index is 12.2. The molecule has 0 aliphatic heterocycles. The van der Waals surface area contributed by atoms with E-state index in [0.717, 1.165) is 26.5 Å². The van der Waals surface area contributed by atoms with Crippen LogP contribution in [0.15, 0.2) is 71.2 Å². The lowest BCUT2D eigenvalue weighted by Crippen LogP contribution is -2.19.